The van der Waals surface area contributed by atoms with Gasteiger partial charge in [0.2, 0.25) is 5.91 Å². The summed E-state index contributed by atoms with van der Waals surface area (Å²) >= 11 is 3.62. The number of amides is 2. The van der Waals surface area contributed by atoms with Gasteiger partial charge in [-0.05, 0) is 40.9 Å². The molecule has 6 nitrogen and oxygen atoms in total. The van der Waals surface area contributed by atoms with Crippen molar-refractivity contribution in [3.63, 3.8) is 0 Å². The van der Waals surface area contributed by atoms with Gasteiger partial charge in [-0.2, -0.15) is 0 Å². The van der Waals surface area contributed by atoms with Crippen LogP contribution in [0.1, 0.15) is 24.8 Å². The average molecular weight is 396 g/mol. The number of piperidine rings is 1. The molecule has 2 heterocycles. The number of anilines is 1. The third-order valence-electron chi connectivity index (χ3n) is 4.80. The van der Waals surface area contributed by atoms with Gasteiger partial charge in [-0.15, -0.1) is 0 Å². The molecule has 2 atom stereocenters. The number of hydrogen-bond acceptors (Lipinski definition) is 4. The molecule has 1 N–H and O–H groups in total. The van der Waals surface area contributed by atoms with Gasteiger partial charge in [0.15, 0.2) is 0 Å². The van der Waals surface area contributed by atoms with Crippen LogP contribution in [-0.2, 0) is 9.53 Å². The maximum Gasteiger partial charge on any atom is 0.409 e. The Morgan fingerprint density at radius 1 is 1.42 bits per heavy atom. The highest BCUT2D eigenvalue weighted by atomic mass is 79.9. The number of fused-ring (bicyclic) bond motifs is 3. The quantitative estimate of drug-likeness (QED) is 0.852. The van der Waals surface area contributed by atoms with E-state index in [0.29, 0.717) is 26.2 Å². The van der Waals surface area contributed by atoms with Crippen LogP contribution >= 0.6 is 15.9 Å². The van der Waals surface area contributed by atoms with Gasteiger partial charge < -0.3 is 19.9 Å². The Kier molecular flexibility index (Phi) is 4.99. The molecule has 1 aromatic carbocycles. The van der Waals surface area contributed by atoms with Gasteiger partial charge >= 0.3 is 6.09 Å². The Bertz CT molecular complexity index is 652. The number of nitrogens with zero attached hydrogens (tertiary/aromatic N) is 2. The van der Waals surface area contributed by atoms with E-state index >= 15 is 0 Å². The highest BCUT2D eigenvalue weighted by molar-refractivity contribution is 9.10. The second-order valence-electron chi connectivity index (χ2n) is 6.09. The highest BCUT2D eigenvalue weighted by Gasteiger charge is 2.44. The molecule has 0 aliphatic carbocycles. The van der Waals surface area contributed by atoms with Crippen LogP contribution in [0.4, 0.5) is 10.5 Å². The lowest BCUT2D eigenvalue weighted by Crippen LogP contribution is -2.50. The number of hydrogen-bond donors (Lipinski definition) is 1. The maximum absolute atomic E-state index is 12.1. The number of rotatable bonds is 3. The molecule has 7 heteroatoms. The number of likely N-dealkylation sites (tertiary alicyclic amines) is 1. The maximum atomic E-state index is 12.1. The molecule has 0 unspecified atom stereocenters. The summed E-state index contributed by atoms with van der Waals surface area (Å²) in [5.74, 6) is 0.186. The lowest BCUT2D eigenvalue weighted by molar-refractivity contribution is -0.119. The molecule has 2 aliphatic rings. The number of nitrogens with one attached hydrogen (secondary N) is 1. The van der Waals surface area contributed by atoms with Crippen LogP contribution in [0.5, 0.6) is 0 Å². The van der Waals surface area contributed by atoms with Crippen LogP contribution in [0.3, 0.4) is 0 Å². The lowest BCUT2D eigenvalue weighted by atomic mass is 9.89. The molecule has 2 aliphatic heterocycles. The molecule has 2 amide bonds. The van der Waals surface area contributed by atoms with Crippen LogP contribution in [-0.4, -0.2) is 56.2 Å². The zero-order valence-corrected chi connectivity index (χ0v) is 15.5. The smallest absolute Gasteiger partial charge is 0.409 e. The van der Waals surface area contributed by atoms with Gasteiger partial charge in [-0.3, -0.25) is 4.79 Å². The molecule has 0 bridgehead atoms. The minimum Gasteiger partial charge on any atom is -0.450 e. The van der Waals surface area contributed by atoms with E-state index in [-0.39, 0.29) is 24.0 Å². The fraction of sp³-hybridized carbons (Fsp3) is 0.529. The van der Waals surface area contributed by atoms with E-state index in [2.05, 4.69) is 32.2 Å². The van der Waals surface area contributed by atoms with Crippen molar-refractivity contribution in [2.24, 2.45) is 0 Å². The molecule has 130 valence electrons. The Morgan fingerprint density at radius 2 is 2.21 bits per heavy atom. The first-order valence-electron chi connectivity index (χ1n) is 8.24. The van der Waals surface area contributed by atoms with Crippen molar-refractivity contribution >= 4 is 33.6 Å². The van der Waals surface area contributed by atoms with Crippen LogP contribution < -0.4 is 10.2 Å². The Balaban J connectivity index is 1.90. The second kappa shape index (κ2) is 7.01. The largest absolute Gasteiger partial charge is 0.450 e. The van der Waals surface area contributed by atoms with Crippen molar-refractivity contribution in [1.29, 1.82) is 0 Å². The molecule has 0 aromatic heterocycles. The topological polar surface area (TPSA) is 61.9 Å². The number of ether oxygens (including phenoxy) is 1. The lowest BCUT2D eigenvalue weighted by Gasteiger charge is -2.38. The molecule has 0 saturated carbocycles. The SMILES string of the molecule is CCOC(=O)N1CC[C@H]2[C@H](C1)c1cccc(Br)c1N2CC(=O)NC. The zero-order chi connectivity index (χ0) is 17.3. The molecule has 1 fully saturated rings. The van der Waals surface area contributed by atoms with Crippen molar-refractivity contribution in [2.45, 2.75) is 25.3 Å². The highest BCUT2D eigenvalue weighted by Crippen LogP contribution is 2.47. The average Bonchev–Trinajstić information content (AvgIpc) is 2.89. The van der Waals surface area contributed by atoms with Gasteiger partial charge in [0, 0.05) is 36.6 Å². The molecular weight excluding hydrogens is 374 g/mol. The summed E-state index contributed by atoms with van der Waals surface area (Å²) in [5.41, 5.74) is 2.26. The van der Waals surface area contributed by atoms with E-state index in [1.807, 2.05) is 19.1 Å². The minimum atomic E-state index is -0.253. The van der Waals surface area contributed by atoms with E-state index in [1.54, 1.807) is 11.9 Å². The number of halogens is 1. The van der Waals surface area contributed by atoms with Gasteiger partial charge in [0.1, 0.15) is 0 Å². The fourth-order valence-electron chi connectivity index (χ4n) is 3.73. The third kappa shape index (κ3) is 2.97. The van der Waals surface area contributed by atoms with Crippen molar-refractivity contribution in [3.8, 4) is 0 Å². The van der Waals surface area contributed by atoms with E-state index in [1.165, 1.54) is 5.56 Å². The van der Waals surface area contributed by atoms with Crippen LogP contribution in [0.2, 0.25) is 0 Å². The molecule has 1 saturated heterocycles. The summed E-state index contributed by atoms with van der Waals surface area (Å²) in [6, 6.07) is 6.32. The number of likely N-dealkylation sites (N-methyl/N-ethyl adjacent to an activating group) is 1. The summed E-state index contributed by atoms with van der Waals surface area (Å²) in [5, 5.41) is 2.70. The van der Waals surface area contributed by atoms with Crippen LogP contribution in [0.15, 0.2) is 22.7 Å². The fourth-order valence-corrected chi connectivity index (χ4v) is 4.34. The number of carbonyl (C=O) groups is 2. The minimum absolute atomic E-state index is 0.00910. The van der Waals surface area contributed by atoms with Gasteiger partial charge in [0.05, 0.1) is 18.8 Å². The Hall–Kier alpha value is -1.76. The molecule has 3 rings (SSSR count). The van der Waals surface area contributed by atoms with E-state index in [0.717, 1.165) is 16.6 Å². The third-order valence-corrected chi connectivity index (χ3v) is 5.44. The molecule has 1 aromatic rings. The predicted molar refractivity (Wildman–Crippen MR) is 95.3 cm³/mol. The predicted octanol–water partition coefficient (Wildman–Crippen LogP) is 2.33. The van der Waals surface area contributed by atoms with Crippen LogP contribution in [0.25, 0.3) is 0 Å². The Labute approximate surface area is 150 Å². The van der Waals surface area contributed by atoms with E-state index in [4.69, 9.17) is 4.74 Å². The summed E-state index contributed by atoms with van der Waals surface area (Å²) in [7, 11) is 1.65. The molecule has 24 heavy (non-hydrogen) atoms. The summed E-state index contributed by atoms with van der Waals surface area (Å²) in [6.45, 7) is 3.80. The summed E-state index contributed by atoms with van der Waals surface area (Å²) in [4.78, 5) is 28.0. The second-order valence-corrected chi connectivity index (χ2v) is 6.94. The molecular formula is C17H22BrN3O3. The number of benzene rings is 1. The van der Waals surface area contributed by atoms with Crippen molar-refractivity contribution in [3.05, 3.63) is 28.2 Å². The summed E-state index contributed by atoms with van der Waals surface area (Å²) < 4.78 is 6.14. The Morgan fingerprint density at radius 3 is 2.92 bits per heavy atom. The zero-order valence-electron chi connectivity index (χ0n) is 13.9. The monoisotopic (exact) mass is 395 g/mol. The van der Waals surface area contributed by atoms with Crippen molar-refractivity contribution in [2.75, 3.05) is 38.2 Å². The van der Waals surface area contributed by atoms with E-state index in [9.17, 15) is 9.59 Å². The summed E-state index contributed by atoms with van der Waals surface area (Å²) in [6.07, 6.45) is 0.568. The number of carbonyl (C=O) groups excluding carboxylic acids is 2. The van der Waals surface area contributed by atoms with Gasteiger partial charge in [-0.25, -0.2) is 4.79 Å². The first-order chi connectivity index (χ1) is 11.6. The molecule has 0 radical (unpaired) electrons. The normalized spacial score (nSPS) is 22.0. The van der Waals surface area contributed by atoms with Crippen LogP contribution in [0, 0.1) is 0 Å². The van der Waals surface area contributed by atoms with Gasteiger partial charge in [0.25, 0.3) is 0 Å². The standard InChI is InChI=1S/C17H22BrN3O3/c1-3-24-17(23)20-8-7-14-12(9-20)11-5-4-6-13(18)16(11)21(14)10-15(22)19-2/h4-6,12,14H,3,7-10H2,1-2H3,(H,19,22)/t12-,14+/m1/s1. The first-order valence-corrected chi connectivity index (χ1v) is 9.03. The molecule has 0 spiro atoms. The number of para-hydroxylation sites is 1. The van der Waals surface area contributed by atoms with Crippen molar-refractivity contribution < 1.29 is 14.3 Å². The van der Waals surface area contributed by atoms with Gasteiger partial charge in [-0.1, -0.05) is 12.1 Å². The first kappa shape index (κ1) is 17.1. The van der Waals surface area contributed by atoms with E-state index < -0.39 is 0 Å². The van der Waals surface area contributed by atoms with Crippen molar-refractivity contribution in [1.82, 2.24) is 10.2 Å².